The second-order valence-electron chi connectivity index (χ2n) is 8.46. The van der Waals surface area contributed by atoms with Crippen molar-refractivity contribution in [3.05, 3.63) is 12.2 Å². The van der Waals surface area contributed by atoms with Crippen molar-refractivity contribution in [2.45, 2.75) is 96.5 Å². The van der Waals surface area contributed by atoms with E-state index in [4.69, 9.17) is 9.47 Å². The normalized spacial score (nSPS) is 25.2. The molecule has 0 aromatic heterocycles. The summed E-state index contributed by atoms with van der Waals surface area (Å²) in [5.41, 5.74) is 0. The van der Waals surface area contributed by atoms with Crippen molar-refractivity contribution in [2.24, 2.45) is 17.8 Å². The number of hydrogen-bond donors (Lipinski definition) is 1. The van der Waals surface area contributed by atoms with Crippen molar-refractivity contribution in [1.29, 1.82) is 0 Å². The van der Waals surface area contributed by atoms with Crippen molar-refractivity contribution >= 4 is 0 Å². The number of ether oxygens (including phenoxy) is 2. The van der Waals surface area contributed by atoms with Gasteiger partial charge in [0.2, 0.25) is 0 Å². The molecule has 3 nitrogen and oxygen atoms in total. The summed E-state index contributed by atoms with van der Waals surface area (Å²) in [5.74, 6) is 0.701. The van der Waals surface area contributed by atoms with Crippen LogP contribution >= 0.6 is 0 Å². The van der Waals surface area contributed by atoms with Crippen LogP contribution in [0, 0.1) is 17.8 Å². The predicted molar refractivity (Wildman–Crippen MR) is 115 cm³/mol. The molecule has 0 spiro atoms. The minimum atomic E-state index is -0.303. The first-order valence-electron chi connectivity index (χ1n) is 11.6. The third-order valence-electron chi connectivity index (χ3n) is 6.14. The lowest BCUT2D eigenvalue weighted by atomic mass is 9.75. The Morgan fingerprint density at radius 1 is 0.667 bits per heavy atom. The molecule has 0 radical (unpaired) electrons. The van der Waals surface area contributed by atoms with E-state index in [1.807, 2.05) is 0 Å². The maximum Gasteiger partial charge on any atom is 0.0659 e. The first-order chi connectivity index (χ1) is 13.2. The van der Waals surface area contributed by atoms with Crippen LogP contribution in [0.25, 0.3) is 0 Å². The molecule has 0 bridgehead atoms. The summed E-state index contributed by atoms with van der Waals surface area (Å²) in [6.45, 7) is 3.54. The molecule has 1 rings (SSSR count). The molecule has 1 N–H and O–H groups in total. The summed E-state index contributed by atoms with van der Waals surface area (Å²) >= 11 is 0. The fourth-order valence-electron chi connectivity index (χ4n) is 4.39. The van der Waals surface area contributed by atoms with Gasteiger partial charge in [-0.2, -0.15) is 0 Å². The fraction of sp³-hybridized carbons (Fsp3) is 0.917. The summed E-state index contributed by atoms with van der Waals surface area (Å²) in [4.78, 5) is 0. The molecular weight excluding hydrogens is 336 g/mol. The molecule has 160 valence electrons. The van der Waals surface area contributed by atoms with Gasteiger partial charge in [-0.3, -0.25) is 0 Å². The van der Waals surface area contributed by atoms with Crippen LogP contribution in [0.4, 0.5) is 0 Å². The molecule has 0 aromatic carbocycles. The average Bonchev–Trinajstić information content (AvgIpc) is 2.67. The van der Waals surface area contributed by atoms with Crippen LogP contribution in [0.5, 0.6) is 0 Å². The number of aliphatic hydroxyl groups excluding tert-OH is 1. The Labute approximate surface area is 168 Å². The smallest absolute Gasteiger partial charge is 0.0659 e. The van der Waals surface area contributed by atoms with Gasteiger partial charge < -0.3 is 14.6 Å². The lowest BCUT2D eigenvalue weighted by Crippen LogP contribution is -2.40. The van der Waals surface area contributed by atoms with E-state index in [2.05, 4.69) is 19.1 Å². The topological polar surface area (TPSA) is 38.7 Å². The van der Waals surface area contributed by atoms with E-state index in [1.165, 1.54) is 77.0 Å². The number of hydrogen-bond acceptors (Lipinski definition) is 3. The number of unbranched alkanes of at least 4 members (excludes halogenated alkanes) is 11. The summed E-state index contributed by atoms with van der Waals surface area (Å²) in [6, 6.07) is 0. The Hall–Kier alpha value is -0.380. The van der Waals surface area contributed by atoms with E-state index in [0.717, 1.165) is 6.42 Å². The summed E-state index contributed by atoms with van der Waals surface area (Å²) < 4.78 is 10.6. The molecule has 27 heavy (non-hydrogen) atoms. The van der Waals surface area contributed by atoms with Gasteiger partial charge in [-0.1, -0.05) is 96.1 Å². The zero-order valence-corrected chi connectivity index (χ0v) is 18.3. The van der Waals surface area contributed by atoms with Gasteiger partial charge in [0.25, 0.3) is 0 Å². The molecule has 0 aliphatic heterocycles. The van der Waals surface area contributed by atoms with E-state index < -0.39 is 0 Å². The fourth-order valence-corrected chi connectivity index (χ4v) is 4.39. The van der Waals surface area contributed by atoms with Crippen molar-refractivity contribution in [1.82, 2.24) is 0 Å². The van der Waals surface area contributed by atoms with Crippen molar-refractivity contribution in [2.75, 3.05) is 27.4 Å². The molecule has 0 fully saturated rings. The van der Waals surface area contributed by atoms with Gasteiger partial charge in [-0.25, -0.2) is 0 Å². The molecule has 1 aliphatic carbocycles. The highest BCUT2D eigenvalue weighted by molar-refractivity contribution is 5.05. The molecular formula is C24H46O3. The Morgan fingerprint density at radius 2 is 1.15 bits per heavy atom. The van der Waals surface area contributed by atoms with Gasteiger partial charge >= 0.3 is 0 Å². The van der Waals surface area contributed by atoms with Crippen molar-refractivity contribution in [3.63, 3.8) is 0 Å². The Balaban J connectivity index is 2.08. The van der Waals surface area contributed by atoms with Crippen molar-refractivity contribution < 1.29 is 14.6 Å². The maximum atomic E-state index is 10.7. The van der Waals surface area contributed by atoms with Crippen LogP contribution in [0.1, 0.15) is 90.4 Å². The second-order valence-corrected chi connectivity index (χ2v) is 8.46. The Kier molecular flexibility index (Phi) is 15.1. The van der Waals surface area contributed by atoms with Gasteiger partial charge in [0.05, 0.1) is 19.3 Å². The Morgan fingerprint density at radius 3 is 1.67 bits per heavy atom. The van der Waals surface area contributed by atoms with Crippen LogP contribution < -0.4 is 0 Å². The van der Waals surface area contributed by atoms with Crippen LogP contribution in [0.2, 0.25) is 0 Å². The minimum absolute atomic E-state index is 0.155. The van der Waals surface area contributed by atoms with Crippen LogP contribution in [-0.4, -0.2) is 38.6 Å². The van der Waals surface area contributed by atoms with Crippen LogP contribution in [0.3, 0.4) is 0 Å². The lowest BCUT2D eigenvalue weighted by molar-refractivity contribution is -0.0218. The van der Waals surface area contributed by atoms with Crippen LogP contribution in [0.15, 0.2) is 12.2 Å². The largest absolute Gasteiger partial charge is 0.392 e. The Bertz CT molecular complexity index is 356. The van der Waals surface area contributed by atoms with Gasteiger partial charge in [-0.15, -0.1) is 0 Å². The molecule has 0 saturated heterocycles. The molecule has 4 atom stereocenters. The molecule has 1 aliphatic rings. The number of methoxy groups -OCH3 is 2. The summed E-state index contributed by atoms with van der Waals surface area (Å²) in [5, 5.41) is 10.7. The van der Waals surface area contributed by atoms with Gasteiger partial charge in [0, 0.05) is 32.0 Å². The predicted octanol–water partition coefficient (Wildman–Crippen LogP) is 6.15. The first kappa shape index (κ1) is 24.7. The molecule has 0 aromatic rings. The monoisotopic (exact) mass is 382 g/mol. The zero-order chi connectivity index (χ0) is 19.7. The van der Waals surface area contributed by atoms with E-state index in [1.54, 1.807) is 14.2 Å². The first-order valence-corrected chi connectivity index (χ1v) is 11.6. The van der Waals surface area contributed by atoms with Gasteiger partial charge in [-0.05, 0) is 6.42 Å². The standard InChI is InChI=1S/C24H46O3/c1-4-5-6-7-8-9-10-11-12-13-14-15-16-21-17-18-22(19-26-2)23(20-27-3)24(21)25/h17-18,21-25H,4-16,19-20H2,1-3H3/t21-,22-,23+,24-/m1/s1. The number of aliphatic hydroxyl groups is 1. The summed E-state index contributed by atoms with van der Waals surface area (Å²) in [7, 11) is 3.44. The molecule has 0 heterocycles. The average molecular weight is 383 g/mol. The van der Waals surface area contributed by atoms with Gasteiger partial charge in [0.1, 0.15) is 0 Å². The quantitative estimate of drug-likeness (QED) is 0.242. The third-order valence-corrected chi connectivity index (χ3v) is 6.14. The van der Waals surface area contributed by atoms with Crippen molar-refractivity contribution in [3.8, 4) is 0 Å². The van der Waals surface area contributed by atoms with E-state index in [0.29, 0.717) is 13.2 Å². The van der Waals surface area contributed by atoms with Crippen LogP contribution in [-0.2, 0) is 9.47 Å². The lowest BCUT2D eigenvalue weighted by Gasteiger charge is -2.36. The molecule has 0 saturated carbocycles. The molecule has 0 unspecified atom stereocenters. The van der Waals surface area contributed by atoms with Gasteiger partial charge in [0.15, 0.2) is 0 Å². The van der Waals surface area contributed by atoms with E-state index in [-0.39, 0.29) is 23.9 Å². The van der Waals surface area contributed by atoms with E-state index >= 15 is 0 Å². The number of rotatable bonds is 17. The SMILES string of the molecule is CCCCCCCCCCCCCC[C@@H]1C=C[C@H](COC)[C@H](COC)[C@@H]1O. The zero-order valence-electron chi connectivity index (χ0n) is 18.3. The maximum absolute atomic E-state index is 10.7. The van der Waals surface area contributed by atoms with E-state index in [9.17, 15) is 5.11 Å². The molecule has 3 heteroatoms. The highest BCUT2D eigenvalue weighted by Crippen LogP contribution is 2.32. The highest BCUT2D eigenvalue weighted by atomic mass is 16.5. The molecule has 0 amide bonds. The summed E-state index contributed by atoms with van der Waals surface area (Å²) in [6.07, 6.45) is 21.8. The minimum Gasteiger partial charge on any atom is -0.392 e. The third kappa shape index (κ3) is 10.7. The second kappa shape index (κ2) is 16.6. The highest BCUT2D eigenvalue weighted by Gasteiger charge is 2.34.